The van der Waals surface area contributed by atoms with Gasteiger partial charge in [0.2, 0.25) is 0 Å². The molecule has 4 heteroatoms. The van der Waals surface area contributed by atoms with Crippen LogP contribution in [0.2, 0.25) is 10.0 Å². The summed E-state index contributed by atoms with van der Waals surface area (Å²) in [5, 5.41) is 3.85. The van der Waals surface area contributed by atoms with E-state index in [-0.39, 0.29) is 11.9 Å². The Morgan fingerprint density at radius 1 is 1.05 bits per heavy atom. The van der Waals surface area contributed by atoms with Gasteiger partial charge in [-0.2, -0.15) is 0 Å². The second-order valence-electron chi connectivity index (χ2n) is 5.12. The summed E-state index contributed by atoms with van der Waals surface area (Å²) in [5.41, 5.74) is 0.469. The first kappa shape index (κ1) is 14.7. The van der Waals surface area contributed by atoms with Gasteiger partial charge < -0.3 is 5.32 Å². The van der Waals surface area contributed by atoms with E-state index < -0.39 is 0 Å². The molecule has 1 N–H and O–H groups in total. The van der Waals surface area contributed by atoms with Crippen molar-refractivity contribution < 1.29 is 4.79 Å². The van der Waals surface area contributed by atoms with Crippen molar-refractivity contribution >= 4 is 29.1 Å². The van der Waals surface area contributed by atoms with Crippen molar-refractivity contribution in [2.75, 3.05) is 0 Å². The number of benzene rings is 1. The summed E-state index contributed by atoms with van der Waals surface area (Å²) < 4.78 is 0. The van der Waals surface area contributed by atoms with Gasteiger partial charge in [-0.15, -0.1) is 0 Å². The van der Waals surface area contributed by atoms with Crippen molar-refractivity contribution in [2.24, 2.45) is 0 Å². The molecule has 104 valence electrons. The maximum absolute atomic E-state index is 12.2. The third kappa shape index (κ3) is 4.12. The van der Waals surface area contributed by atoms with E-state index in [1.54, 1.807) is 18.2 Å². The van der Waals surface area contributed by atoms with E-state index in [2.05, 4.69) is 5.32 Å². The van der Waals surface area contributed by atoms with Crippen molar-refractivity contribution in [3.63, 3.8) is 0 Å². The van der Waals surface area contributed by atoms with Crippen LogP contribution in [0.1, 0.15) is 55.3 Å². The number of hydrogen-bond donors (Lipinski definition) is 1. The zero-order valence-corrected chi connectivity index (χ0v) is 12.4. The second-order valence-corrected chi connectivity index (χ2v) is 5.90. The van der Waals surface area contributed by atoms with Crippen LogP contribution in [-0.4, -0.2) is 11.9 Å². The Labute approximate surface area is 124 Å². The zero-order valence-electron chi connectivity index (χ0n) is 10.9. The van der Waals surface area contributed by atoms with Gasteiger partial charge >= 0.3 is 0 Å². The van der Waals surface area contributed by atoms with Crippen molar-refractivity contribution in [3.05, 3.63) is 33.8 Å². The molecule has 1 fully saturated rings. The maximum atomic E-state index is 12.2. The largest absolute Gasteiger partial charge is 0.349 e. The van der Waals surface area contributed by atoms with E-state index in [4.69, 9.17) is 23.2 Å². The van der Waals surface area contributed by atoms with E-state index in [1.165, 1.54) is 32.1 Å². The second kappa shape index (κ2) is 7.16. The van der Waals surface area contributed by atoms with E-state index >= 15 is 0 Å². The summed E-state index contributed by atoms with van der Waals surface area (Å²) in [6.07, 6.45) is 8.35. The molecule has 0 heterocycles. The lowest BCUT2D eigenvalue weighted by Crippen LogP contribution is -2.35. The lowest BCUT2D eigenvalue weighted by atomic mass is 9.96. The van der Waals surface area contributed by atoms with Gasteiger partial charge in [-0.25, -0.2) is 0 Å². The summed E-state index contributed by atoms with van der Waals surface area (Å²) in [5.74, 6) is -0.113. The van der Waals surface area contributed by atoms with E-state index in [9.17, 15) is 4.79 Å². The lowest BCUT2D eigenvalue weighted by Gasteiger charge is -2.21. The minimum absolute atomic E-state index is 0.113. The van der Waals surface area contributed by atoms with Crippen molar-refractivity contribution in [2.45, 2.75) is 51.0 Å². The standard InChI is InChI=1S/C15H19Cl2NO/c16-13-10-6-9-12(14(13)17)15(19)18-11-7-4-2-1-3-5-8-11/h6,9-11H,1-5,7-8H2,(H,18,19). The average molecular weight is 300 g/mol. The van der Waals surface area contributed by atoms with Crippen LogP contribution in [-0.2, 0) is 0 Å². The zero-order chi connectivity index (χ0) is 13.7. The SMILES string of the molecule is O=C(NC1CCCCCCC1)c1cccc(Cl)c1Cl. The third-order valence-electron chi connectivity index (χ3n) is 3.64. The number of hydrogen-bond acceptors (Lipinski definition) is 1. The van der Waals surface area contributed by atoms with Gasteiger partial charge in [0.15, 0.2) is 0 Å². The number of halogens is 2. The van der Waals surface area contributed by atoms with E-state index in [0.717, 1.165) is 12.8 Å². The topological polar surface area (TPSA) is 29.1 Å². The van der Waals surface area contributed by atoms with Crippen LogP contribution in [0.5, 0.6) is 0 Å². The lowest BCUT2D eigenvalue weighted by molar-refractivity contribution is 0.0930. The Bertz CT molecular complexity index is 440. The molecule has 2 rings (SSSR count). The van der Waals surface area contributed by atoms with Crippen LogP contribution in [0.15, 0.2) is 18.2 Å². The molecular formula is C15H19Cl2NO. The highest BCUT2D eigenvalue weighted by molar-refractivity contribution is 6.43. The Kier molecular flexibility index (Phi) is 5.53. The molecule has 0 saturated heterocycles. The summed E-state index contributed by atoms with van der Waals surface area (Å²) in [6, 6.07) is 5.42. The predicted molar refractivity (Wildman–Crippen MR) is 80.0 cm³/mol. The molecule has 1 aliphatic carbocycles. The summed E-state index contributed by atoms with van der Waals surface area (Å²) >= 11 is 12.0. The Balaban J connectivity index is 2.01. The van der Waals surface area contributed by atoms with Crippen molar-refractivity contribution in [1.82, 2.24) is 5.32 Å². The molecule has 0 radical (unpaired) electrons. The normalized spacial score (nSPS) is 17.6. The van der Waals surface area contributed by atoms with Crippen LogP contribution in [0, 0.1) is 0 Å². The molecule has 1 aromatic carbocycles. The molecule has 0 spiro atoms. The van der Waals surface area contributed by atoms with Gasteiger partial charge in [0.25, 0.3) is 5.91 Å². The van der Waals surface area contributed by atoms with Crippen LogP contribution >= 0.6 is 23.2 Å². The van der Waals surface area contributed by atoms with Crippen molar-refractivity contribution in [3.8, 4) is 0 Å². The fourth-order valence-electron chi connectivity index (χ4n) is 2.54. The molecule has 1 amide bonds. The van der Waals surface area contributed by atoms with Gasteiger partial charge in [-0.3, -0.25) is 4.79 Å². The van der Waals surface area contributed by atoms with Crippen LogP contribution in [0.4, 0.5) is 0 Å². The van der Waals surface area contributed by atoms with E-state index in [1.807, 2.05) is 0 Å². The Morgan fingerprint density at radius 2 is 1.68 bits per heavy atom. The third-order valence-corrected chi connectivity index (χ3v) is 4.46. The smallest absolute Gasteiger partial charge is 0.253 e. The van der Waals surface area contributed by atoms with Gasteiger partial charge in [0.1, 0.15) is 0 Å². The summed E-state index contributed by atoms with van der Waals surface area (Å²) in [6.45, 7) is 0. The summed E-state index contributed by atoms with van der Waals surface area (Å²) in [7, 11) is 0. The molecule has 0 atom stereocenters. The first-order valence-electron chi connectivity index (χ1n) is 6.93. The van der Waals surface area contributed by atoms with Gasteiger partial charge in [0.05, 0.1) is 15.6 Å². The highest BCUT2D eigenvalue weighted by atomic mass is 35.5. The molecule has 0 bridgehead atoms. The minimum Gasteiger partial charge on any atom is -0.349 e. The number of amides is 1. The number of nitrogens with one attached hydrogen (secondary N) is 1. The van der Waals surface area contributed by atoms with Gasteiger partial charge in [-0.1, -0.05) is 61.4 Å². The minimum atomic E-state index is -0.113. The fraction of sp³-hybridized carbons (Fsp3) is 0.533. The maximum Gasteiger partial charge on any atom is 0.253 e. The molecular weight excluding hydrogens is 281 g/mol. The van der Waals surface area contributed by atoms with Gasteiger partial charge in [0, 0.05) is 6.04 Å². The number of carbonyl (C=O) groups excluding carboxylic acids is 1. The average Bonchev–Trinajstić information content (AvgIpc) is 2.35. The first-order chi connectivity index (χ1) is 9.18. The van der Waals surface area contributed by atoms with Gasteiger partial charge in [-0.05, 0) is 25.0 Å². The molecule has 0 unspecified atom stereocenters. The predicted octanol–water partition coefficient (Wildman–Crippen LogP) is 4.84. The molecule has 1 aliphatic rings. The summed E-state index contributed by atoms with van der Waals surface area (Å²) in [4.78, 5) is 12.2. The Hall–Kier alpha value is -0.730. The molecule has 1 saturated carbocycles. The number of rotatable bonds is 2. The van der Waals surface area contributed by atoms with Crippen LogP contribution in [0.3, 0.4) is 0 Å². The molecule has 0 aliphatic heterocycles. The van der Waals surface area contributed by atoms with Crippen molar-refractivity contribution in [1.29, 1.82) is 0 Å². The molecule has 19 heavy (non-hydrogen) atoms. The monoisotopic (exact) mass is 299 g/mol. The highest BCUT2D eigenvalue weighted by Gasteiger charge is 2.17. The molecule has 0 aromatic heterocycles. The van der Waals surface area contributed by atoms with E-state index in [0.29, 0.717) is 15.6 Å². The van der Waals surface area contributed by atoms with Crippen LogP contribution < -0.4 is 5.32 Å². The molecule has 1 aromatic rings. The Morgan fingerprint density at radius 3 is 2.37 bits per heavy atom. The first-order valence-corrected chi connectivity index (χ1v) is 7.69. The fourth-order valence-corrected chi connectivity index (χ4v) is 2.93. The van der Waals surface area contributed by atoms with Crippen LogP contribution in [0.25, 0.3) is 0 Å². The number of carbonyl (C=O) groups is 1. The molecule has 2 nitrogen and oxygen atoms in total. The quantitative estimate of drug-likeness (QED) is 0.832. The highest BCUT2D eigenvalue weighted by Crippen LogP contribution is 2.26.